The maximum absolute atomic E-state index is 11.8. The number of amides is 1. The molecule has 1 aromatic carbocycles. The molecule has 0 atom stereocenters. The Kier molecular flexibility index (Phi) is 4.28. The van der Waals surface area contributed by atoms with Crippen LogP contribution in [-0.4, -0.2) is 22.7 Å². The summed E-state index contributed by atoms with van der Waals surface area (Å²) in [6.45, 7) is 4.86. The highest BCUT2D eigenvalue weighted by molar-refractivity contribution is 9.10. The Morgan fingerprint density at radius 2 is 2.00 bits per heavy atom. The van der Waals surface area contributed by atoms with Gasteiger partial charge in [0.1, 0.15) is 0 Å². The number of carbonyl (C=O) groups excluding carboxylic acids is 1. The van der Waals surface area contributed by atoms with Crippen LogP contribution in [0.5, 0.6) is 0 Å². The van der Waals surface area contributed by atoms with Crippen molar-refractivity contribution in [2.24, 2.45) is 5.73 Å². The van der Waals surface area contributed by atoms with E-state index in [1.165, 1.54) is 4.90 Å². The van der Waals surface area contributed by atoms with Crippen LogP contribution in [0, 0.1) is 0 Å². The molecule has 1 amide bonds. The Morgan fingerprint density at radius 3 is 2.53 bits per heavy atom. The van der Waals surface area contributed by atoms with Gasteiger partial charge >= 0.3 is 0 Å². The average molecular weight is 343 g/mol. The van der Waals surface area contributed by atoms with Gasteiger partial charge < -0.3 is 11.1 Å². The first kappa shape index (κ1) is 14.9. The van der Waals surface area contributed by atoms with E-state index in [-0.39, 0.29) is 10.7 Å². The van der Waals surface area contributed by atoms with Crippen LogP contribution in [0.25, 0.3) is 0 Å². The molecule has 5 heteroatoms. The van der Waals surface area contributed by atoms with Gasteiger partial charge in [-0.25, -0.2) is 0 Å². The number of hydrogen-bond donors (Lipinski definition) is 2. The number of nitrogens with one attached hydrogen (secondary N) is 1. The van der Waals surface area contributed by atoms with Crippen LogP contribution < -0.4 is 11.1 Å². The first-order valence-electron chi connectivity index (χ1n) is 6.33. The van der Waals surface area contributed by atoms with Crippen LogP contribution in [0.1, 0.15) is 26.7 Å². The molecule has 1 aromatic rings. The number of hydrogen-bond acceptors (Lipinski definition) is 3. The minimum absolute atomic E-state index is 0.0167. The molecule has 1 saturated carbocycles. The molecule has 3 N–H and O–H groups in total. The third-order valence-electron chi connectivity index (χ3n) is 3.12. The van der Waals surface area contributed by atoms with E-state index in [2.05, 4.69) is 47.2 Å². The Labute approximate surface area is 126 Å². The molecule has 0 bridgehead atoms. The van der Waals surface area contributed by atoms with Gasteiger partial charge in [-0.1, -0.05) is 15.9 Å². The lowest BCUT2D eigenvalue weighted by molar-refractivity contribution is -0.123. The van der Waals surface area contributed by atoms with Crippen molar-refractivity contribution in [2.45, 2.75) is 41.9 Å². The average Bonchev–Trinajstić information content (AvgIpc) is 3.09. The lowest BCUT2D eigenvalue weighted by Gasteiger charge is -2.25. The van der Waals surface area contributed by atoms with Crippen LogP contribution in [0.3, 0.4) is 0 Å². The quantitative estimate of drug-likeness (QED) is 0.809. The van der Waals surface area contributed by atoms with Crippen molar-refractivity contribution in [1.82, 2.24) is 5.32 Å². The SMILES string of the molecule is CC(C)(CNC(=O)C1(N)CC1)Sc1ccc(Br)cc1. The fourth-order valence-electron chi connectivity index (χ4n) is 1.69. The summed E-state index contributed by atoms with van der Waals surface area (Å²) in [5.41, 5.74) is 5.28. The van der Waals surface area contributed by atoms with Gasteiger partial charge in [-0.15, -0.1) is 11.8 Å². The molecule has 0 unspecified atom stereocenters. The molecule has 19 heavy (non-hydrogen) atoms. The topological polar surface area (TPSA) is 55.1 Å². The molecule has 1 aliphatic carbocycles. The number of rotatable bonds is 5. The van der Waals surface area contributed by atoms with Crippen molar-refractivity contribution < 1.29 is 4.79 Å². The van der Waals surface area contributed by atoms with E-state index < -0.39 is 5.54 Å². The summed E-state index contributed by atoms with van der Waals surface area (Å²) in [5, 5.41) is 2.96. The van der Waals surface area contributed by atoms with Crippen LogP contribution in [0.4, 0.5) is 0 Å². The van der Waals surface area contributed by atoms with E-state index in [9.17, 15) is 4.79 Å². The smallest absolute Gasteiger partial charge is 0.240 e. The van der Waals surface area contributed by atoms with Crippen LogP contribution in [0.15, 0.2) is 33.6 Å². The molecular formula is C14H19BrN2OS. The van der Waals surface area contributed by atoms with Gasteiger partial charge in [-0.3, -0.25) is 4.79 Å². The lowest BCUT2D eigenvalue weighted by atomic mass is 10.2. The maximum Gasteiger partial charge on any atom is 0.240 e. The largest absolute Gasteiger partial charge is 0.353 e. The fourth-order valence-corrected chi connectivity index (χ4v) is 3.01. The monoisotopic (exact) mass is 342 g/mol. The molecule has 1 aliphatic rings. The molecule has 0 heterocycles. The van der Waals surface area contributed by atoms with Gasteiger partial charge in [0, 0.05) is 20.7 Å². The molecule has 3 nitrogen and oxygen atoms in total. The van der Waals surface area contributed by atoms with Crippen molar-refractivity contribution in [1.29, 1.82) is 0 Å². The zero-order chi connectivity index (χ0) is 14.1. The van der Waals surface area contributed by atoms with Gasteiger partial charge in [-0.2, -0.15) is 0 Å². The molecule has 0 aliphatic heterocycles. The van der Waals surface area contributed by atoms with Gasteiger partial charge in [0.15, 0.2) is 0 Å². The fraction of sp³-hybridized carbons (Fsp3) is 0.500. The number of benzene rings is 1. The molecule has 0 spiro atoms. The second-order valence-corrected chi connectivity index (χ2v) is 8.35. The van der Waals surface area contributed by atoms with E-state index in [0.29, 0.717) is 6.54 Å². The number of nitrogens with two attached hydrogens (primary N) is 1. The Bertz CT molecular complexity index is 469. The van der Waals surface area contributed by atoms with Crippen molar-refractivity contribution in [3.05, 3.63) is 28.7 Å². The first-order valence-corrected chi connectivity index (χ1v) is 7.94. The Hall–Kier alpha value is -0.520. The number of halogens is 1. The predicted octanol–water partition coefficient (Wildman–Crippen LogP) is 2.93. The molecule has 1 fully saturated rings. The van der Waals surface area contributed by atoms with Crippen LogP contribution in [-0.2, 0) is 4.79 Å². The molecular weight excluding hydrogens is 324 g/mol. The summed E-state index contributed by atoms with van der Waals surface area (Å²) in [6.07, 6.45) is 1.61. The highest BCUT2D eigenvalue weighted by Gasteiger charge is 2.46. The number of carbonyl (C=O) groups is 1. The second kappa shape index (κ2) is 5.46. The van der Waals surface area contributed by atoms with Crippen molar-refractivity contribution >= 4 is 33.6 Å². The minimum Gasteiger partial charge on any atom is -0.353 e. The van der Waals surface area contributed by atoms with Gasteiger partial charge in [0.2, 0.25) is 5.91 Å². The second-order valence-electron chi connectivity index (χ2n) is 5.65. The molecule has 0 radical (unpaired) electrons. The first-order chi connectivity index (χ1) is 8.81. The lowest BCUT2D eigenvalue weighted by Crippen LogP contribution is -2.46. The molecule has 2 rings (SSSR count). The zero-order valence-corrected chi connectivity index (χ0v) is 13.6. The highest BCUT2D eigenvalue weighted by Crippen LogP contribution is 2.34. The zero-order valence-electron chi connectivity index (χ0n) is 11.2. The summed E-state index contributed by atoms with van der Waals surface area (Å²) in [7, 11) is 0. The standard InChI is InChI=1S/C14H19BrN2OS/c1-13(2,9-17-12(18)14(16)7-8-14)19-11-5-3-10(15)4-6-11/h3-6H,7-9,16H2,1-2H3,(H,17,18). The maximum atomic E-state index is 11.8. The highest BCUT2D eigenvalue weighted by atomic mass is 79.9. The summed E-state index contributed by atoms with van der Waals surface area (Å²) in [6, 6.07) is 8.19. The van der Waals surface area contributed by atoms with Crippen LogP contribution >= 0.6 is 27.7 Å². The van der Waals surface area contributed by atoms with E-state index in [4.69, 9.17) is 5.73 Å². The predicted molar refractivity (Wildman–Crippen MR) is 83.2 cm³/mol. The van der Waals surface area contributed by atoms with Crippen molar-refractivity contribution in [2.75, 3.05) is 6.54 Å². The van der Waals surface area contributed by atoms with Gasteiger partial charge in [0.05, 0.1) is 5.54 Å². The van der Waals surface area contributed by atoms with E-state index in [1.54, 1.807) is 11.8 Å². The molecule has 0 saturated heterocycles. The third-order valence-corrected chi connectivity index (χ3v) is 4.86. The van der Waals surface area contributed by atoms with Crippen LogP contribution in [0.2, 0.25) is 0 Å². The van der Waals surface area contributed by atoms with Gasteiger partial charge in [0.25, 0.3) is 0 Å². The molecule has 104 valence electrons. The van der Waals surface area contributed by atoms with E-state index in [0.717, 1.165) is 17.3 Å². The van der Waals surface area contributed by atoms with Crippen molar-refractivity contribution in [3.8, 4) is 0 Å². The normalized spacial score (nSPS) is 17.1. The summed E-state index contributed by atoms with van der Waals surface area (Å²) in [4.78, 5) is 13.0. The minimum atomic E-state index is -0.585. The van der Waals surface area contributed by atoms with E-state index >= 15 is 0 Å². The Morgan fingerprint density at radius 1 is 1.42 bits per heavy atom. The van der Waals surface area contributed by atoms with Gasteiger partial charge in [-0.05, 0) is 51.0 Å². The third kappa shape index (κ3) is 4.23. The summed E-state index contributed by atoms with van der Waals surface area (Å²) >= 11 is 5.17. The summed E-state index contributed by atoms with van der Waals surface area (Å²) < 4.78 is 1.01. The van der Waals surface area contributed by atoms with Crippen molar-refractivity contribution in [3.63, 3.8) is 0 Å². The van der Waals surface area contributed by atoms with E-state index in [1.807, 2.05) is 12.1 Å². The molecule has 0 aromatic heterocycles. The number of thioether (sulfide) groups is 1. The Balaban J connectivity index is 1.87. The summed E-state index contributed by atoms with van der Waals surface area (Å²) in [5.74, 6) is -0.0167.